The first-order valence-corrected chi connectivity index (χ1v) is 15.0. The van der Waals surface area contributed by atoms with Crippen LogP contribution in [0.3, 0.4) is 0 Å². The number of halogens is 4. The monoisotopic (exact) mass is 623 g/mol. The van der Waals surface area contributed by atoms with E-state index >= 15 is 0 Å². The zero-order chi connectivity index (χ0) is 31.5. The summed E-state index contributed by atoms with van der Waals surface area (Å²) in [7, 11) is -2.29. The van der Waals surface area contributed by atoms with Gasteiger partial charge in [0.05, 0.1) is 28.7 Å². The molecule has 1 aliphatic rings. The number of aliphatic hydroxyl groups excluding tert-OH is 1. The third-order valence-corrected chi connectivity index (χ3v) is 8.66. The Balaban J connectivity index is 1.59. The van der Waals surface area contributed by atoms with E-state index in [1.54, 1.807) is 14.0 Å². The molecule has 3 aromatic carbocycles. The number of likely N-dealkylation sites (N-methyl/N-ethyl adjacent to an activating group) is 1. The van der Waals surface area contributed by atoms with Crippen molar-refractivity contribution in [3.8, 4) is 5.75 Å². The summed E-state index contributed by atoms with van der Waals surface area (Å²) in [5, 5.41) is 9.88. The Morgan fingerprint density at radius 3 is 2.35 bits per heavy atom. The van der Waals surface area contributed by atoms with Crippen molar-refractivity contribution in [1.82, 2.24) is 9.80 Å². The van der Waals surface area contributed by atoms with Gasteiger partial charge < -0.3 is 14.7 Å². The Kier molecular flexibility index (Phi) is 9.67. The smallest absolute Gasteiger partial charge is 0.416 e. The van der Waals surface area contributed by atoms with Gasteiger partial charge >= 0.3 is 6.18 Å². The fraction of sp³-hybridized carbons (Fsp3) is 0.367. The van der Waals surface area contributed by atoms with E-state index in [1.807, 2.05) is 11.8 Å². The van der Waals surface area contributed by atoms with E-state index in [0.717, 1.165) is 36.4 Å². The minimum Gasteiger partial charge on any atom is -0.488 e. The average molecular weight is 624 g/mol. The first-order valence-electron chi connectivity index (χ1n) is 13.5. The number of alkyl halides is 3. The van der Waals surface area contributed by atoms with Crippen molar-refractivity contribution < 1.29 is 40.6 Å². The van der Waals surface area contributed by atoms with Crippen molar-refractivity contribution in [1.29, 1.82) is 0 Å². The van der Waals surface area contributed by atoms with Gasteiger partial charge in [0, 0.05) is 31.2 Å². The zero-order valence-electron chi connectivity index (χ0n) is 23.8. The predicted octanol–water partition coefficient (Wildman–Crippen LogP) is 5.00. The molecule has 0 bridgehead atoms. The number of aliphatic hydroxyl groups is 1. The summed E-state index contributed by atoms with van der Waals surface area (Å²) in [4.78, 5) is 16.9. The van der Waals surface area contributed by atoms with Crippen LogP contribution in [0.2, 0.25) is 0 Å². The fourth-order valence-corrected chi connectivity index (χ4v) is 5.86. The molecule has 0 spiro atoms. The largest absolute Gasteiger partial charge is 0.488 e. The van der Waals surface area contributed by atoms with E-state index in [9.17, 15) is 35.9 Å². The molecule has 3 aromatic rings. The first kappa shape index (κ1) is 32.2. The normalized spacial score (nSPS) is 18.4. The number of carbonyl (C=O) groups excluding carboxylic acids is 1. The summed E-state index contributed by atoms with van der Waals surface area (Å²) in [6.07, 6.45) is -4.89. The Morgan fingerprint density at radius 1 is 1.09 bits per heavy atom. The van der Waals surface area contributed by atoms with Crippen molar-refractivity contribution in [2.45, 2.75) is 43.6 Å². The molecule has 0 fully saturated rings. The first-order chi connectivity index (χ1) is 20.2. The van der Waals surface area contributed by atoms with Crippen LogP contribution in [-0.4, -0.2) is 68.1 Å². The van der Waals surface area contributed by atoms with E-state index in [-0.39, 0.29) is 41.0 Å². The number of rotatable bonds is 9. The summed E-state index contributed by atoms with van der Waals surface area (Å²) < 4.78 is 86.6. The van der Waals surface area contributed by atoms with E-state index in [2.05, 4.69) is 4.72 Å². The van der Waals surface area contributed by atoms with Crippen LogP contribution in [0.4, 0.5) is 23.2 Å². The van der Waals surface area contributed by atoms with Crippen molar-refractivity contribution >= 4 is 21.6 Å². The fourth-order valence-electron chi connectivity index (χ4n) is 4.81. The molecular formula is C30H33F4N3O5S. The van der Waals surface area contributed by atoms with Crippen LogP contribution in [0.15, 0.2) is 71.6 Å². The molecule has 4 rings (SSSR count). The number of hydrogen-bond acceptors (Lipinski definition) is 6. The highest BCUT2D eigenvalue weighted by Gasteiger charge is 2.34. The molecule has 43 heavy (non-hydrogen) atoms. The number of nitrogens with one attached hydrogen (secondary N) is 1. The van der Waals surface area contributed by atoms with Gasteiger partial charge in [-0.2, -0.15) is 13.2 Å². The second-order valence-corrected chi connectivity index (χ2v) is 12.5. The molecule has 3 atom stereocenters. The van der Waals surface area contributed by atoms with Crippen molar-refractivity contribution in [2.24, 2.45) is 5.92 Å². The standard InChI is InChI=1S/C30H33F4N3O5S/c1-19-15-37(20(2)18-38)29(39)26-14-24(35-43(40,41)25-11-8-23(31)9-12-25)10-13-27(26)42-28(19)17-36(3)16-21-4-6-22(7-5-21)30(32,33)34/h4-14,19-20,28,35,38H,15-18H2,1-3H3/t19-,20-,28-/m0/s1. The Morgan fingerprint density at radius 2 is 1.74 bits per heavy atom. The molecule has 0 radical (unpaired) electrons. The van der Waals surface area contributed by atoms with Crippen LogP contribution >= 0.6 is 0 Å². The van der Waals surface area contributed by atoms with Gasteiger partial charge in [-0.3, -0.25) is 14.4 Å². The van der Waals surface area contributed by atoms with E-state index in [1.165, 1.54) is 35.2 Å². The number of fused-ring (bicyclic) bond motifs is 1. The molecule has 13 heteroatoms. The zero-order valence-corrected chi connectivity index (χ0v) is 24.6. The third-order valence-electron chi connectivity index (χ3n) is 7.27. The number of benzene rings is 3. The number of nitrogens with zero attached hydrogens (tertiary/aromatic N) is 2. The molecule has 8 nitrogen and oxygen atoms in total. The lowest BCUT2D eigenvalue weighted by Gasteiger charge is -2.38. The van der Waals surface area contributed by atoms with Gasteiger partial charge in [-0.1, -0.05) is 19.1 Å². The molecule has 0 unspecified atom stereocenters. The average Bonchev–Trinajstić information content (AvgIpc) is 2.94. The number of amides is 1. The molecule has 1 aliphatic heterocycles. The van der Waals surface area contributed by atoms with Gasteiger partial charge in [-0.15, -0.1) is 0 Å². The van der Waals surface area contributed by atoms with Crippen molar-refractivity contribution in [2.75, 3.05) is 31.5 Å². The van der Waals surface area contributed by atoms with Gasteiger partial charge in [0.25, 0.3) is 15.9 Å². The number of sulfonamides is 1. The minimum absolute atomic E-state index is 0.0845. The van der Waals surface area contributed by atoms with Crippen LogP contribution in [0.5, 0.6) is 5.75 Å². The number of carbonyl (C=O) groups is 1. The van der Waals surface area contributed by atoms with E-state index in [4.69, 9.17) is 4.74 Å². The Labute approximate surface area is 247 Å². The van der Waals surface area contributed by atoms with Crippen LogP contribution in [0.25, 0.3) is 0 Å². The number of hydrogen-bond donors (Lipinski definition) is 2. The quantitative estimate of drug-likeness (QED) is 0.326. The molecule has 0 saturated heterocycles. The number of anilines is 1. The maximum absolute atomic E-state index is 13.7. The molecule has 232 valence electrons. The van der Waals surface area contributed by atoms with Gasteiger partial charge in [0.2, 0.25) is 0 Å². The molecular weight excluding hydrogens is 590 g/mol. The van der Waals surface area contributed by atoms with Crippen LogP contribution in [-0.2, 0) is 22.7 Å². The van der Waals surface area contributed by atoms with Gasteiger partial charge in [0.1, 0.15) is 17.7 Å². The summed E-state index contributed by atoms with van der Waals surface area (Å²) >= 11 is 0. The minimum atomic E-state index is -4.42. The van der Waals surface area contributed by atoms with Gasteiger partial charge in [-0.05, 0) is 74.1 Å². The lowest BCUT2D eigenvalue weighted by Crippen LogP contribution is -2.49. The molecule has 0 aliphatic carbocycles. The number of ether oxygens (including phenoxy) is 1. The predicted molar refractivity (Wildman–Crippen MR) is 153 cm³/mol. The van der Waals surface area contributed by atoms with Crippen molar-refractivity contribution in [3.05, 3.63) is 89.2 Å². The summed E-state index contributed by atoms with van der Waals surface area (Å²) in [6, 6.07) is 13.0. The third kappa shape index (κ3) is 7.84. The maximum Gasteiger partial charge on any atom is 0.416 e. The Hall–Kier alpha value is -3.68. The second kappa shape index (κ2) is 12.9. The molecule has 0 aromatic heterocycles. The maximum atomic E-state index is 13.7. The second-order valence-electron chi connectivity index (χ2n) is 10.8. The van der Waals surface area contributed by atoms with Gasteiger partial charge in [-0.25, -0.2) is 12.8 Å². The summed E-state index contributed by atoms with van der Waals surface area (Å²) in [6.45, 7) is 4.22. The van der Waals surface area contributed by atoms with Crippen molar-refractivity contribution in [3.63, 3.8) is 0 Å². The SMILES string of the molecule is C[C@H]1CN([C@@H](C)CO)C(=O)c2cc(NS(=O)(=O)c3ccc(F)cc3)ccc2O[C@H]1CN(C)Cc1ccc(C(F)(F)F)cc1. The van der Waals surface area contributed by atoms with Crippen LogP contribution in [0, 0.1) is 11.7 Å². The molecule has 1 amide bonds. The molecule has 2 N–H and O–H groups in total. The molecule has 1 heterocycles. The van der Waals surface area contributed by atoms with Crippen LogP contribution in [0.1, 0.15) is 35.3 Å². The highest BCUT2D eigenvalue weighted by atomic mass is 32.2. The van der Waals surface area contributed by atoms with E-state index in [0.29, 0.717) is 18.7 Å². The lowest BCUT2D eigenvalue weighted by molar-refractivity contribution is -0.137. The Bertz CT molecular complexity index is 1530. The van der Waals surface area contributed by atoms with Crippen LogP contribution < -0.4 is 9.46 Å². The topological polar surface area (TPSA) is 99.2 Å². The summed E-state index contributed by atoms with van der Waals surface area (Å²) in [5.74, 6) is -1.04. The highest BCUT2D eigenvalue weighted by molar-refractivity contribution is 7.92. The van der Waals surface area contributed by atoms with Gasteiger partial charge in [0.15, 0.2) is 0 Å². The molecule has 0 saturated carbocycles. The highest BCUT2D eigenvalue weighted by Crippen LogP contribution is 2.32. The summed E-state index contributed by atoms with van der Waals surface area (Å²) in [5.41, 5.74) is 0.121. The van der Waals surface area contributed by atoms with E-state index < -0.39 is 45.6 Å². The lowest BCUT2D eigenvalue weighted by atomic mass is 9.99.